The van der Waals surface area contributed by atoms with Crippen LogP contribution in [0.1, 0.15) is 6.92 Å². The molecule has 1 radical (unpaired) electrons. The van der Waals surface area contributed by atoms with E-state index in [1.165, 1.54) is 0 Å². The van der Waals surface area contributed by atoms with Gasteiger partial charge in [-0.1, -0.05) is 18.4 Å². The van der Waals surface area contributed by atoms with Crippen LogP contribution in [-0.2, 0) is 0 Å². The molecule has 0 spiro atoms. The summed E-state index contributed by atoms with van der Waals surface area (Å²) in [5, 5.41) is 0. The third kappa shape index (κ3) is 2.60. The van der Waals surface area contributed by atoms with Crippen molar-refractivity contribution in [2.75, 3.05) is 0 Å². The molecule has 0 bridgehead atoms. The van der Waals surface area contributed by atoms with Crippen LogP contribution in [0.4, 0.5) is 0 Å². The Hall–Kier alpha value is -1.54. The quantitative estimate of drug-likeness (QED) is 0.665. The third-order valence-electron chi connectivity index (χ3n) is 1.11. The van der Waals surface area contributed by atoms with Gasteiger partial charge in [0.15, 0.2) is 0 Å². The largest absolute Gasteiger partial charge is 0.644 e. The minimum Gasteiger partial charge on any atom is -0.644 e. The molecule has 12 heavy (non-hydrogen) atoms. The van der Waals surface area contributed by atoms with Crippen molar-refractivity contribution in [3.63, 3.8) is 0 Å². The molecule has 4 heteroatoms. The van der Waals surface area contributed by atoms with E-state index in [0.717, 1.165) is 10.2 Å². The number of para-hydroxylation sites is 1. The van der Waals surface area contributed by atoms with Gasteiger partial charge in [-0.2, -0.15) is 0 Å². The molecule has 0 aliphatic heterocycles. The molecule has 0 aliphatic rings. The van der Waals surface area contributed by atoms with Crippen molar-refractivity contribution in [1.29, 1.82) is 0 Å². The van der Waals surface area contributed by atoms with Gasteiger partial charge in [0, 0.05) is 0 Å². The van der Waals surface area contributed by atoms with Crippen LogP contribution >= 0.6 is 15.9 Å². The summed E-state index contributed by atoms with van der Waals surface area (Å²) in [6, 6.07) is 7.56. The standard InChI is InChI=1S/C8H9BrNO.Lr/c1-6(10)11-8-5-3-2-4-7(8)9;/h2-5H,10H2,1H3;/q-1;. The zero-order valence-corrected chi connectivity index (χ0v) is 10.2. The molecule has 0 unspecified atom stereocenters. The molecular formula is C8H9BrLrNO-. The molecular weight excluding hydrogens is 468 g/mol. The van der Waals surface area contributed by atoms with Crippen molar-refractivity contribution < 1.29 is 4.74 Å². The minimum atomic E-state index is 0. The fourth-order valence-corrected chi connectivity index (χ4v) is 1.07. The summed E-state index contributed by atoms with van der Waals surface area (Å²) in [4.78, 5) is 0. The Kier molecular flexibility index (Phi) is 3.80. The van der Waals surface area contributed by atoms with E-state index in [-0.39, 0.29) is 0 Å². The van der Waals surface area contributed by atoms with Gasteiger partial charge in [0.2, 0.25) is 0 Å². The van der Waals surface area contributed by atoms with Gasteiger partial charge < -0.3 is 10.5 Å². The molecule has 0 fully saturated rings. The van der Waals surface area contributed by atoms with Gasteiger partial charge in [-0.15, -0.1) is 6.92 Å². The van der Waals surface area contributed by atoms with Gasteiger partial charge in [-0.3, -0.25) is 0 Å². The van der Waals surface area contributed by atoms with Crippen molar-refractivity contribution in [2.45, 2.75) is 6.92 Å². The monoisotopic (exact) mass is 476 g/mol. The zero-order chi connectivity index (χ0) is 8.27. The molecule has 0 atom stereocenters. The Morgan fingerprint density at radius 2 is 2.00 bits per heavy atom. The number of halogens is 1. The summed E-state index contributed by atoms with van der Waals surface area (Å²) in [5.74, 6) is 0.743. The number of hydrogen-bond acceptors (Lipinski definition) is 2. The third-order valence-corrected chi connectivity index (χ3v) is 1.76. The molecule has 2 N–H and O–H groups in total. The first-order valence-corrected chi connectivity index (χ1v) is 4.01. The van der Waals surface area contributed by atoms with Crippen LogP contribution in [-0.4, -0.2) is 0 Å². The van der Waals surface area contributed by atoms with Crippen LogP contribution in [0.5, 0.6) is 5.75 Å². The van der Waals surface area contributed by atoms with Crippen LogP contribution in [0.3, 0.4) is 0 Å². The molecule has 0 aromatic heterocycles. The summed E-state index contributed by atoms with van der Waals surface area (Å²) >= 11 is 3.33. The van der Waals surface area contributed by atoms with Gasteiger partial charge in [-0.05, 0) is 28.1 Å². The predicted molar refractivity (Wildman–Crippen MR) is 47.9 cm³/mol. The van der Waals surface area contributed by atoms with Crippen LogP contribution in [0.15, 0.2) is 28.7 Å². The number of ether oxygens (including phenoxy) is 1. The molecule has 0 saturated carbocycles. The Labute approximate surface area is 74.5 Å². The average Bonchev–Trinajstić information content (AvgIpc) is 1.93. The first-order valence-electron chi connectivity index (χ1n) is 3.21. The van der Waals surface area contributed by atoms with Crippen molar-refractivity contribution in [3.05, 3.63) is 35.0 Å². The Morgan fingerprint density at radius 1 is 1.42 bits per heavy atom. The Bertz CT molecular complexity index is 242. The van der Waals surface area contributed by atoms with E-state index in [0.29, 0.717) is 6.23 Å². The summed E-state index contributed by atoms with van der Waals surface area (Å²) in [5.41, 5.74) is 5.37. The smallest absolute Gasteiger partial charge is 0.101 e. The van der Waals surface area contributed by atoms with Crippen molar-refractivity contribution in [1.82, 2.24) is 0 Å². The van der Waals surface area contributed by atoms with E-state index >= 15 is 0 Å². The topological polar surface area (TPSA) is 35.2 Å². The van der Waals surface area contributed by atoms with E-state index in [2.05, 4.69) is 15.9 Å². The van der Waals surface area contributed by atoms with E-state index in [4.69, 9.17) is 10.5 Å². The molecule has 2 nitrogen and oxygen atoms in total. The zero-order valence-electron chi connectivity index (χ0n) is 6.43. The molecule has 1 rings (SSSR count). The second-order valence-electron chi connectivity index (χ2n) is 2.14. The SMILES string of the molecule is C[C-](N)Oc1ccccc1Br.[Lr]. The average molecular weight is 477 g/mol. The van der Waals surface area contributed by atoms with Crippen LogP contribution in [0, 0.1) is 6.23 Å². The predicted octanol–water partition coefficient (Wildman–Crippen LogP) is 2.30. The molecule has 0 aliphatic carbocycles. The van der Waals surface area contributed by atoms with Crippen molar-refractivity contribution in [3.8, 4) is 5.75 Å². The molecule has 75 valence electrons. The molecule has 1 aromatic carbocycles. The minimum absolute atomic E-state index is 0. The maximum atomic E-state index is 5.37. The van der Waals surface area contributed by atoms with Crippen LogP contribution < -0.4 is 10.5 Å². The van der Waals surface area contributed by atoms with Gasteiger partial charge in [0.1, 0.15) is 5.75 Å². The molecule has 0 amide bonds. The van der Waals surface area contributed by atoms with Gasteiger partial charge in [-0.25, -0.2) is 0 Å². The molecule has 0 heterocycles. The van der Waals surface area contributed by atoms with Crippen molar-refractivity contribution in [2.24, 2.45) is 5.73 Å². The summed E-state index contributed by atoms with van der Waals surface area (Å²) in [7, 11) is 0. The van der Waals surface area contributed by atoms with Gasteiger partial charge >= 0.3 is 0 Å². The maximum absolute atomic E-state index is 5.37. The number of hydrogen-bond donors (Lipinski definition) is 1. The van der Waals surface area contributed by atoms with E-state index in [1.807, 2.05) is 24.3 Å². The first kappa shape index (κ1) is 10.5. The fraction of sp³-hybridized carbons (Fsp3) is 0.125. The fourth-order valence-electron chi connectivity index (χ4n) is 0.701. The first-order chi connectivity index (χ1) is 5.20. The Morgan fingerprint density at radius 3 is 2.50 bits per heavy atom. The summed E-state index contributed by atoms with van der Waals surface area (Å²) in [6.45, 7) is 1.71. The van der Waals surface area contributed by atoms with E-state index in [1.54, 1.807) is 6.92 Å². The molecule has 1 aromatic rings. The number of rotatable bonds is 2. The second kappa shape index (κ2) is 4.36. The van der Waals surface area contributed by atoms with Crippen LogP contribution in [0.2, 0.25) is 0 Å². The van der Waals surface area contributed by atoms with E-state index < -0.39 is 0 Å². The maximum Gasteiger partial charge on any atom is 0.101 e. The normalized spacial score (nSPS) is 9.33. The van der Waals surface area contributed by atoms with Crippen molar-refractivity contribution >= 4 is 15.9 Å². The van der Waals surface area contributed by atoms with Gasteiger partial charge in [0.05, 0.1) is 4.47 Å². The summed E-state index contributed by atoms with van der Waals surface area (Å²) < 4.78 is 6.10. The molecule has 0 saturated heterocycles. The number of benzene rings is 1. The van der Waals surface area contributed by atoms with E-state index in [9.17, 15) is 0 Å². The number of nitrogens with two attached hydrogens (primary N) is 1. The summed E-state index contributed by atoms with van der Waals surface area (Å²) in [6.07, 6.45) is 0.442. The van der Waals surface area contributed by atoms with Gasteiger partial charge in [0.25, 0.3) is 0 Å². The Balaban J connectivity index is 0.00000121. The van der Waals surface area contributed by atoms with Crippen LogP contribution in [0.25, 0.3) is 0 Å². The second-order valence-corrected chi connectivity index (χ2v) is 3.00.